The van der Waals surface area contributed by atoms with Crippen molar-refractivity contribution in [2.75, 3.05) is 33.0 Å². The fourth-order valence-electron chi connectivity index (χ4n) is 1.46. The van der Waals surface area contributed by atoms with Crippen LogP contribution in [0.25, 0.3) is 0 Å². The van der Waals surface area contributed by atoms with E-state index >= 15 is 0 Å². The van der Waals surface area contributed by atoms with E-state index in [2.05, 4.69) is 0 Å². The third-order valence-electron chi connectivity index (χ3n) is 3.62. The maximum absolute atomic E-state index is 10.6. The Bertz CT molecular complexity index is 669. The third kappa shape index (κ3) is 19.8. The highest BCUT2D eigenvalue weighted by molar-refractivity contribution is 5.96. The molecule has 0 atom stereocenters. The SMILES string of the molecule is C/C=C/C=C/CO.CC(C)(CO)CO.Cc1c(C(=O)O)cccc1C(=O)O.OCC(O)CO. The van der Waals surface area contributed by atoms with Crippen LogP contribution in [-0.4, -0.2) is 91.9 Å². The van der Waals surface area contributed by atoms with Gasteiger partial charge in [0.1, 0.15) is 6.10 Å². The number of aliphatic hydroxyl groups is 6. The average Bonchev–Trinajstić information content (AvgIpc) is 2.79. The first-order chi connectivity index (χ1) is 15.4. The molecular weight excluding hydrogens is 436 g/mol. The summed E-state index contributed by atoms with van der Waals surface area (Å²) in [6, 6.07) is 4.17. The first-order valence-corrected chi connectivity index (χ1v) is 9.95. The molecule has 10 heteroatoms. The zero-order chi connectivity index (χ0) is 26.4. The van der Waals surface area contributed by atoms with Gasteiger partial charge in [-0.15, -0.1) is 0 Å². The number of carbonyl (C=O) groups is 2. The normalized spacial score (nSPS) is 10.6. The van der Waals surface area contributed by atoms with Gasteiger partial charge in [0.25, 0.3) is 0 Å². The Morgan fingerprint density at radius 1 is 0.909 bits per heavy atom. The van der Waals surface area contributed by atoms with Gasteiger partial charge < -0.3 is 40.9 Å². The lowest BCUT2D eigenvalue weighted by molar-refractivity contribution is 0.0450. The van der Waals surface area contributed by atoms with Crippen molar-refractivity contribution in [2.24, 2.45) is 5.41 Å². The molecule has 0 fully saturated rings. The van der Waals surface area contributed by atoms with Crippen LogP contribution in [0.3, 0.4) is 0 Å². The number of aromatic carboxylic acids is 2. The van der Waals surface area contributed by atoms with Crippen LogP contribution in [0.5, 0.6) is 0 Å². The molecule has 1 aromatic rings. The van der Waals surface area contributed by atoms with E-state index in [0.29, 0.717) is 0 Å². The Labute approximate surface area is 194 Å². The van der Waals surface area contributed by atoms with Crippen LogP contribution >= 0.6 is 0 Å². The Balaban J connectivity index is -0.000000389. The summed E-state index contributed by atoms with van der Waals surface area (Å²) in [5.74, 6) is -2.22. The average molecular weight is 475 g/mol. The summed E-state index contributed by atoms with van der Waals surface area (Å²) in [5.41, 5.74) is 0.0299. The molecule has 0 radical (unpaired) electrons. The van der Waals surface area contributed by atoms with Crippen LogP contribution in [0.4, 0.5) is 0 Å². The molecule has 0 aliphatic rings. The predicted octanol–water partition coefficient (Wildman–Crippen LogP) is 0.832. The van der Waals surface area contributed by atoms with Crippen molar-refractivity contribution in [1.29, 1.82) is 0 Å². The van der Waals surface area contributed by atoms with E-state index in [0.717, 1.165) is 0 Å². The van der Waals surface area contributed by atoms with Crippen molar-refractivity contribution >= 4 is 11.9 Å². The lowest BCUT2D eigenvalue weighted by Gasteiger charge is -2.16. The number of carboxylic acids is 2. The number of hydrogen-bond donors (Lipinski definition) is 8. The molecule has 0 unspecified atom stereocenters. The summed E-state index contributed by atoms with van der Waals surface area (Å²) < 4.78 is 0. The number of hydrogen-bond acceptors (Lipinski definition) is 8. The molecule has 0 heterocycles. The molecule has 1 aromatic carbocycles. The molecule has 0 spiro atoms. The Morgan fingerprint density at radius 3 is 1.55 bits per heavy atom. The van der Waals surface area contributed by atoms with Gasteiger partial charge in [0, 0.05) is 5.41 Å². The molecule has 1 rings (SSSR count). The largest absolute Gasteiger partial charge is 0.478 e. The third-order valence-corrected chi connectivity index (χ3v) is 3.62. The predicted molar refractivity (Wildman–Crippen MR) is 124 cm³/mol. The van der Waals surface area contributed by atoms with Crippen LogP contribution in [0.15, 0.2) is 42.5 Å². The van der Waals surface area contributed by atoms with E-state index in [9.17, 15) is 9.59 Å². The zero-order valence-corrected chi connectivity index (χ0v) is 19.5. The Kier molecular flexibility index (Phi) is 22.5. The minimum Gasteiger partial charge on any atom is -0.478 e. The molecule has 0 aromatic heterocycles. The standard InChI is InChI=1S/C9H8O4.C6H10O.C5H12O2.C3H8O3/c1-5-6(8(10)11)3-2-4-7(5)9(12)13;1-2-3-4-5-6-7;1-5(2,3-6)4-7;4-1-3(6)2-5/h2-4H,1H3,(H,10,11)(H,12,13);2-5,7H,6H2,1H3;6-7H,3-4H2,1-2H3;3-6H,1-2H2/b;3-2+,5-4+;;. The van der Waals surface area contributed by atoms with Gasteiger partial charge in [0.2, 0.25) is 0 Å². The summed E-state index contributed by atoms with van der Waals surface area (Å²) in [6.45, 7) is 6.50. The van der Waals surface area contributed by atoms with Crippen molar-refractivity contribution in [3.8, 4) is 0 Å². The van der Waals surface area contributed by atoms with Gasteiger partial charge in [-0.2, -0.15) is 0 Å². The number of benzene rings is 1. The van der Waals surface area contributed by atoms with Crippen molar-refractivity contribution in [1.82, 2.24) is 0 Å². The molecule has 0 saturated heterocycles. The highest BCUT2D eigenvalue weighted by Gasteiger charge is 2.14. The fourth-order valence-corrected chi connectivity index (χ4v) is 1.46. The second-order valence-corrected chi connectivity index (χ2v) is 7.22. The lowest BCUT2D eigenvalue weighted by atomic mass is 9.97. The lowest BCUT2D eigenvalue weighted by Crippen LogP contribution is -2.20. The topological polar surface area (TPSA) is 196 Å². The fraction of sp³-hybridized carbons (Fsp3) is 0.478. The molecule has 0 aliphatic carbocycles. The molecule has 0 aliphatic heterocycles. The molecule has 190 valence electrons. The summed E-state index contributed by atoms with van der Waals surface area (Å²) in [4.78, 5) is 21.2. The molecule has 8 N–H and O–H groups in total. The number of aliphatic hydroxyl groups excluding tert-OH is 6. The maximum Gasteiger partial charge on any atom is 0.335 e. The van der Waals surface area contributed by atoms with Gasteiger partial charge in [0.05, 0.1) is 44.2 Å². The monoisotopic (exact) mass is 474 g/mol. The van der Waals surface area contributed by atoms with Crippen molar-refractivity contribution in [3.05, 3.63) is 59.2 Å². The minimum atomic E-state index is -1.11. The van der Waals surface area contributed by atoms with Crippen LogP contribution in [0, 0.1) is 12.3 Å². The molecule has 0 bridgehead atoms. The summed E-state index contributed by atoms with van der Waals surface area (Å²) in [5, 5.41) is 66.4. The molecule has 0 saturated carbocycles. The Morgan fingerprint density at radius 2 is 1.33 bits per heavy atom. The van der Waals surface area contributed by atoms with E-state index < -0.39 is 18.0 Å². The van der Waals surface area contributed by atoms with Crippen LogP contribution in [0.1, 0.15) is 47.1 Å². The Hall–Kier alpha value is -2.60. The summed E-state index contributed by atoms with van der Waals surface area (Å²) in [7, 11) is 0. The molecular formula is C23H38O10. The van der Waals surface area contributed by atoms with E-state index in [1.54, 1.807) is 26.0 Å². The van der Waals surface area contributed by atoms with Gasteiger partial charge in [-0.3, -0.25) is 0 Å². The van der Waals surface area contributed by atoms with Crippen molar-refractivity contribution < 1.29 is 50.4 Å². The minimum absolute atomic E-state index is 0.0277. The van der Waals surface area contributed by atoms with E-state index in [1.807, 2.05) is 19.1 Å². The maximum atomic E-state index is 10.6. The number of rotatable bonds is 8. The van der Waals surface area contributed by atoms with Crippen LogP contribution < -0.4 is 0 Å². The molecule has 33 heavy (non-hydrogen) atoms. The van der Waals surface area contributed by atoms with E-state index in [4.69, 9.17) is 40.9 Å². The highest BCUT2D eigenvalue weighted by atomic mass is 16.4. The smallest absolute Gasteiger partial charge is 0.335 e. The summed E-state index contributed by atoms with van der Waals surface area (Å²) >= 11 is 0. The van der Waals surface area contributed by atoms with Gasteiger partial charge in [-0.25, -0.2) is 9.59 Å². The van der Waals surface area contributed by atoms with Gasteiger partial charge in [-0.05, 0) is 31.5 Å². The van der Waals surface area contributed by atoms with Crippen molar-refractivity contribution in [3.63, 3.8) is 0 Å². The van der Waals surface area contributed by atoms with E-state index in [1.165, 1.54) is 25.1 Å². The van der Waals surface area contributed by atoms with E-state index in [-0.39, 0.29) is 55.1 Å². The van der Waals surface area contributed by atoms with Gasteiger partial charge >= 0.3 is 11.9 Å². The number of carboxylic acid groups (broad SMARTS) is 2. The quantitative estimate of drug-likeness (QED) is 0.250. The van der Waals surface area contributed by atoms with Crippen LogP contribution in [0.2, 0.25) is 0 Å². The highest BCUT2D eigenvalue weighted by Crippen LogP contribution is 2.13. The molecule has 10 nitrogen and oxygen atoms in total. The number of allylic oxidation sites excluding steroid dienone is 3. The zero-order valence-electron chi connectivity index (χ0n) is 19.5. The first kappa shape index (κ1) is 35.0. The van der Waals surface area contributed by atoms with Crippen LogP contribution in [-0.2, 0) is 0 Å². The van der Waals surface area contributed by atoms with Gasteiger partial charge in [-0.1, -0.05) is 44.2 Å². The summed E-state index contributed by atoms with van der Waals surface area (Å²) in [6.07, 6.45) is 6.31. The van der Waals surface area contributed by atoms with Gasteiger partial charge in [0.15, 0.2) is 0 Å². The second-order valence-electron chi connectivity index (χ2n) is 7.22. The van der Waals surface area contributed by atoms with Crippen molar-refractivity contribution in [2.45, 2.75) is 33.8 Å². The molecule has 0 amide bonds. The first-order valence-electron chi connectivity index (χ1n) is 9.95. The second kappa shape index (κ2) is 21.3.